The maximum absolute atomic E-state index is 13.2. The lowest BCUT2D eigenvalue weighted by atomic mass is 10.2. The average molecular weight is 273 g/mol. The molecule has 0 amide bonds. The Morgan fingerprint density at radius 2 is 2.10 bits per heavy atom. The second-order valence-corrected chi connectivity index (χ2v) is 4.84. The number of aromatic nitrogens is 1. The van der Waals surface area contributed by atoms with Gasteiger partial charge < -0.3 is 10.2 Å². The molecule has 0 fully saturated rings. The summed E-state index contributed by atoms with van der Waals surface area (Å²) in [6.45, 7) is 3.70. The minimum atomic E-state index is -0.201. The van der Waals surface area contributed by atoms with Crippen molar-refractivity contribution in [3.05, 3.63) is 54.1 Å². The van der Waals surface area contributed by atoms with Gasteiger partial charge in [0, 0.05) is 20.1 Å². The van der Waals surface area contributed by atoms with Crippen molar-refractivity contribution in [1.29, 1.82) is 0 Å². The van der Waals surface area contributed by atoms with Gasteiger partial charge in [0.05, 0.1) is 23.8 Å². The first-order valence-electron chi connectivity index (χ1n) is 6.83. The van der Waals surface area contributed by atoms with E-state index >= 15 is 0 Å². The molecule has 1 aromatic carbocycles. The molecule has 0 saturated carbocycles. The maximum Gasteiger partial charge on any atom is 0.123 e. The third kappa shape index (κ3) is 3.95. The molecule has 1 heterocycles. The fourth-order valence-electron chi connectivity index (χ4n) is 2.00. The van der Waals surface area contributed by atoms with Crippen molar-refractivity contribution in [3.63, 3.8) is 0 Å². The molecule has 20 heavy (non-hydrogen) atoms. The second-order valence-electron chi connectivity index (χ2n) is 4.84. The molecule has 0 radical (unpaired) electrons. The summed E-state index contributed by atoms with van der Waals surface area (Å²) in [5, 5.41) is 3.31. The molecule has 0 aliphatic rings. The number of halogens is 1. The first kappa shape index (κ1) is 14.3. The molecule has 0 unspecified atom stereocenters. The summed E-state index contributed by atoms with van der Waals surface area (Å²) in [5.41, 5.74) is 2.96. The molecule has 0 aliphatic heterocycles. The molecule has 3 nitrogen and oxygen atoms in total. The Kier molecular flexibility index (Phi) is 4.93. The van der Waals surface area contributed by atoms with Crippen molar-refractivity contribution in [2.75, 3.05) is 23.8 Å². The molecule has 0 bridgehead atoms. The lowest BCUT2D eigenvalue weighted by molar-refractivity contribution is 0.625. The van der Waals surface area contributed by atoms with Crippen LogP contribution < -0.4 is 10.2 Å². The lowest BCUT2D eigenvalue weighted by Crippen LogP contribution is -2.17. The predicted octanol–water partition coefficient (Wildman–Crippen LogP) is 3.68. The number of benzene rings is 1. The summed E-state index contributed by atoms with van der Waals surface area (Å²) < 4.78 is 13.2. The summed E-state index contributed by atoms with van der Waals surface area (Å²) in [6, 6.07) is 8.73. The van der Waals surface area contributed by atoms with Crippen LogP contribution in [-0.2, 0) is 6.54 Å². The summed E-state index contributed by atoms with van der Waals surface area (Å²) in [7, 11) is 1.98. The molecule has 4 heteroatoms. The Labute approximate surface area is 119 Å². The van der Waals surface area contributed by atoms with Crippen molar-refractivity contribution < 1.29 is 4.39 Å². The standard InChI is InChI=1S/C16H20FN3/c1-3-7-19-15-9-16(11-18-10-15)20(2)12-13-5-4-6-14(17)8-13/h4-6,8-11,19H,3,7,12H2,1-2H3. The molecule has 2 aromatic rings. The van der Waals surface area contributed by atoms with Gasteiger partial charge in [0.2, 0.25) is 0 Å². The molecule has 2 rings (SSSR count). The molecule has 0 aliphatic carbocycles. The summed E-state index contributed by atoms with van der Waals surface area (Å²) in [6.07, 6.45) is 4.70. The molecule has 0 saturated heterocycles. The van der Waals surface area contributed by atoms with Crippen LogP contribution in [0.2, 0.25) is 0 Å². The first-order chi connectivity index (χ1) is 9.69. The largest absolute Gasteiger partial charge is 0.384 e. The van der Waals surface area contributed by atoms with Crippen LogP contribution in [0.4, 0.5) is 15.8 Å². The highest BCUT2D eigenvalue weighted by atomic mass is 19.1. The zero-order valence-electron chi connectivity index (χ0n) is 11.9. The molecular formula is C16H20FN3. The normalized spacial score (nSPS) is 10.3. The highest BCUT2D eigenvalue weighted by Gasteiger charge is 2.04. The Morgan fingerprint density at radius 1 is 1.25 bits per heavy atom. The number of nitrogens with one attached hydrogen (secondary N) is 1. The van der Waals surface area contributed by atoms with Gasteiger partial charge in [-0.1, -0.05) is 19.1 Å². The van der Waals surface area contributed by atoms with Gasteiger partial charge in [-0.15, -0.1) is 0 Å². The van der Waals surface area contributed by atoms with Crippen LogP contribution in [0.15, 0.2) is 42.7 Å². The van der Waals surface area contributed by atoms with E-state index in [1.54, 1.807) is 12.1 Å². The Bertz CT molecular complexity index is 557. The molecular weight excluding hydrogens is 253 g/mol. The molecule has 106 valence electrons. The number of hydrogen-bond acceptors (Lipinski definition) is 3. The predicted molar refractivity (Wildman–Crippen MR) is 81.5 cm³/mol. The molecule has 1 N–H and O–H groups in total. The van der Waals surface area contributed by atoms with Crippen LogP contribution in [0.5, 0.6) is 0 Å². The van der Waals surface area contributed by atoms with Crippen molar-refractivity contribution in [2.24, 2.45) is 0 Å². The second kappa shape index (κ2) is 6.89. The van der Waals surface area contributed by atoms with E-state index in [2.05, 4.69) is 28.2 Å². The maximum atomic E-state index is 13.2. The Balaban J connectivity index is 2.06. The Hall–Kier alpha value is -2.10. The zero-order chi connectivity index (χ0) is 14.4. The Morgan fingerprint density at radius 3 is 2.85 bits per heavy atom. The number of anilines is 2. The summed E-state index contributed by atoms with van der Waals surface area (Å²) >= 11 is 0. The van der Waals surface area contributed by atoms with Crippen molar-refractivity contribution >= 4 is 11.4 Å². The van der Waals surface area contributed by atoms with E-state index in [0.29, 0.717) is 6.54 Å². The monoisotopic (exact) mass is 273 g/mol. The van der Waals surface area contributed by atoms with Crippen molar-refractivity contribution in [3.8, 4) is 0 Å². The highest BCUT2D eigenvalue weighted by Crippen LogP contribution is 2.18. The minimum Gasteiger partial charge on any atom is -0.384 e. The van der Waals surface area contributed by atoms with Gasteiger partial charge in [0.1, 0.15) is 5.82 Å². The number of rotatable bonds is 6. The third-order valence-corrected chi connectivity index (χ3v) is 3.05. The van der Waals surface area contributed by atoms with E-state index in [9.17, 15) is 4.39 Å². The van der Waals surface area contributed by atoms with Crippen LogP contribution in [0, 0.1) is 5.82 Å². The van der Waals surface area contributed by atoms with E-state index in [-0.39, 0.29) is 5.82 Å². The topological polar surface area (TPSA) is 28.2 Å². The molecule has 0 spiro atoms. The van der Waals surface area contributed by atoms with E-state index < -0.39 is 0 Å². The van der Waals surface area contributed by atoms with Crippen LogP contribution in [-0.4, -0.2) is 18.6 Å². The fourth-order valence-corrected chi connectivity index (χ4v) is 2.00. The van der Waals surface area contributed by atoms with E-state index in [1.165, 1.54) is 6.07 Å². The van der Waals surface area contributed by atoms with Crippen LogP contribution in [0.3, 0.4) is 0 Å². The fraction of sp³-hybridized carbons (Fsp3) is 0.312. The number of nitrogens with zero attached hydrogens (tertiary/aromatic N) is 2. The van der Waals surface area contributed by atoms with Crippen molar-refractivity contribution in [1.82, 2.24) is 4.98 Å². The van der Waals surface area contributed by atoms with Crippen LogP contribution in [0.25, 0.3) is 0 Å². The average Bonchev–Trinajstić information content (AvgIpc) is 2.45. The van der Waals surface area contributed by atoms with E-state index in [4.69, 9.17) is 0 Å². The van der Waals surface area contributed by atoms with Gasteiger partial charge in [-0.25, -0.2) is 4.39 Å². The lowest BCUT2D eigenvalue weighted by Gasteiger charge is -2.20. The van der Waals surface area contributed by atoms with Gasteiger partial charge in [0.25, 0.3) is 0 Å². The van der Waals surface area contributed by atoms with E-state index in [1.807, 2.05) is 25.5 Å². The van der Waals surface area contributed by atoms with Gasteiger partial charge >= 0.3 is 0 Å². The number of hydrogen-bond donors (Lipinski definition) is 1. The summed E-state index contributed by atoms with van der Waals surface area (Å²) in [4.78, 5) is 6.29. The minimum absolute atomic E-state index is 0.201. The van der Waals surface area contributed by atoms with Gasteiger partial charge in [-0.3, -0.25) is 4.98 Å². The van der Waals surface area contributed by atoms with Crippen LogP contribution >= 0.6 is 0 Å². The quantitative estimate of drug-likeness (QED) is 0.870. The third-order valence-electron chi connectivity index (χ3n) is 3.05. The highest BCUT2D eigenvalue weighted by molar-refractivity contribution is 5.55. The first-order valence-corrected chi connectivity index (χ1v) is 6.83. The van der Waals surface area contributed by atoms with Gasteiger partial charge in [0.15, 0.2) is 0 Å². The van der Waals surface area contributed by atoms with Crippen LogP contribution in [0.1, 0.15) is 18.9 Å². The van der Waals surface area contributed by atoms with Crippen molar-refractivity contribution in [2.45, 2.75) is 19.9 Å². The zero-order valence-corrected chi connectivity index (χ0v) is 11.9. The molecule has 1 aromatic heterocycles. The van der Waals surface area contributed by atoms with Gasteiger partial charge in [-0.2, -0.15) is 0 Å². The van der Waals surface area contributed by atoms with E-state index in [0.717, 1.165) is 29.9 Å². The summed E-state index contributed by atoms with van der Waals surface area (Å²) in [5.74, 6) is -0.201. The SMILES string of the molecule is CCCNc1cncc(N(C)Cc2cccc(F)c2)c1. The number of pyridine rings is 1. The smallest absolute Gasteiger partial charge is 0.123 e. The molecule has 0 atom stereocenters. The van der Waals surface area contributed by atoms with Gasteiger partial charge in [-0.05, 0) is 30.2 Å².